The van der Waals surface area contributed by atoms with Crippen LogP contribution in [0.4, 0.5) is 0 Å². The summed E-state index contributed by atoms with van der Waals surface area (Å²) >= 11 is 0. The molecule has 0 bridgehead atoms. The largest absolute Gasteiger partial charge is 0.353 e. The van der Waals surface area contributed by atoms with Crippen molar-refractivity contribution in [2.45, 2.75) is 57.9 Å². The van der Waals surface area contributed by atoms with Crippen LogP contribution in [0.2, 0.25) is 0 Å². The number of carbonyl (C=O) groups is 1. The van der Waals surface area contributed by atoms with Crippen LogP contribution < -0.4 is 11.1 Å². The SMILES string of the molecule is CC1CC(NC(=O)C2(CN)CCCCC2)C1. The molecule has 0 aliphatic heterocycles. The van der Waals surface area contributed by atoms with Crippen LogP contribution in [0.15, 0.2) is 0 Å². The number of carbonyl (C=O) groups excluding carboxylic acids is 1. The Hall–Kier alpha value is -0.570. The standard InChI is InChI=1S/C13H24N2O/c1-10-7-11(8-10)15-12(16)13(9-14)5-3-2-4-6-13/h10-11H,2-9,14H2,1H3,(H,15,16). The zero-order valence-electron chi connectivity index (χ0n) is 10.3. The van der Waals surface area contributed by atoms with E-state index >= 15 is 0 Å². The first-order valence-corrected chi connectivity index (χ1v) is 6.67. The van der Waals surface area contributed by atoms with Gasteiger partial charge in [-0.3, -0.25) is 4.79 Å². The van der Waals surface area contributed by atoms with Crippen molar-refractivity contribution in [1.29, 1.82) is 0 Å². The van der Waals surface area contributed by atoms with E-state index in [1.54, 1.807) is 0 Å². The lowest BCUT2D eigenvalue weighted by Gasteiger charge is -2.39. The quantitative estimate of drug-likeness (QED) is 0.768. The third kappa shape index (κ3) is 2.24. The van der Waals surface area contributed by atoms with Crippen molar-refractivity contribution >= 4 is 5.91 Å². The number of hydrogen-bond donors (Lipinski definition) is 2. The Bertz CT molecular complexity index is 253. The maximum Gasteiger partial charge on any atom is 0.227 e. The molecule has 0 spiro atoms. The van der Waals surface area contributed by atoms with Gasteiger partial charge in [-0.1, -0.05) is 26.2 Å². The van der Waals surface area contributed by atoms with Crippen molar-refractivity contribution < 1.29 is 4.79 Å². The van der Waals surface area contributed by atoms with Crippen molar-refractivity contribution in [2.75, 3.05) is 6.54 Å². The van der Waals surface area contributed by atoms with Gasteiger partial charge in [-0.2, -0.15) is 0 Å². The summed E-state index contributed by atoms with van der Waals surface area (Å²) in [7, 11) is 0. The van der Waals surface area contributed by atoms with Gasteiger partial charge in [-0.15, -0.1) is 0 Å². The van der Waals surface area contributed by atoms with Gasteiger partial charge >= 0.3 is 0 Å². The monoisotopic (exact) mass is 224 g/mol. The Morgan fingerprint density at radius 3 is 2.44 bits per heavy atom. The van der Waals surface area contributed by atoms with Gasteiger partial charge in [0.25, 0.3) is 0 Å². The predicted octanol–water partition coefficient (Wildman–Crippen LogP) is 1.81. The molecule has 3 N–H and O–H groups in total. The van der Waals surface area contributed by atoms with E-state index in [1.165, 1.54) is 6.42 Å². The zero-order chi connectivity index (χ0) is 11.6. The molecule has 3 heteroatoms. The van der Waals surface area contributed by atoms with E-state index in [1.807, 2.05) is 0 Å². The molecular weight excluding hydrogens is 200 g/mol. The fourth-order valence-electron chi connectivity index (χ4n) is 3.11. The highest BCUT2D eigenvalue weighted by atomic mass is 16.2. The maximum atomic E-state index is 12.3. The Morgan fingerprint density at radius 2 is 1.94 bits per heavy atom. The molecule has 0 aromatic carbocycles. The molecule has 2 rings (SSSR count). The lowest BCUT2D eigenvalue weighted by Crippen LogP contribution is -2.53. The van der Waals surface area contributed by atoms with Gasteiger partial charge < -0.3 is 11.1 Å². The van der Waals surface area contributed by atoms with Crippen LogP contribution >= 0.6 is 0 Å². The lowest BCUT2D eigenvalue weighted by molar-refractivity contribution is -0.134. The Morgan fingerprint density at radius 1 is 1.31 bits per heavy atom. The molecule has 2 saturated carbocycles. The van der Waals surface area contributed by atoms with E-state index in [2.05, 4.69) is 12.2 Å². The molecule has 3 nitrogen and oxygen atoms in total. The fraction of sp³-hybridized carbons (Fsp3) is 0.923. The first kappa shape index (κ1) is 11.9. The van der Waals surface area contributed by atoms with Crippen molar-refractivity contribution in [3.63, 3.8) is 0 Å². The smallest absolute Gasteiger partial charge is 0.227 e. The Kier molecular flexibility index (Phi) is 3.53. The van der Waals surface area contributed by atoms with Gasteiger partial charge in [0.2, 0.25) is 5.91 Å². The van der Waals surface area contributed by atoms with Crippen molar-refractivity contribution in [1.82, 2.24) is 5.32 Å². The molecule has 0 heterocycles. The van der Waals surface area contributed by atoms with E-state index in [0.717, 1.165) is 44.4 Å². The maximum absolute atomic E-state index is 12.3. The van der Waals surface area contributed by atoms with Gasteiger partial charge in [-0.05, 0) is 31.6 Å². The summed E-state index contributed by atoms with van der Waals surface area (Å²) in [6.07, 6.45) is 7.83. The van der Waals surface area contributed by atoms with Crippen LogP contribution in [0.1, 0.15) is 51.9 Å². The third-order valence-electron chi connectivity index (χ3n) is 4.39. The molecule has 16 heavy (non-hydrogen) atoms. The second-order valence-electron chi connectivity index (χ2n) is 5.79. The fourth-order valence-corrected chi connectivity index (χ4v) is 3.11. The summed E-state index contributed by atoms with van der Waals surface area (Å²) < 4.78 is 0. The molecule has 0 aromatic rings. The van der Waals surface area contributed by atoms with Crippen molar-refractivity contribution in [3.8, 4) is 0 Å². The molecule has 2 fully saturated rings. The first-order valence-electron chi connectivity index (χ1n) is 6.67. The van der Waals surface area contributed by atoms with Crippen LogP contribution in [0.5, 0.6) is 0 Å². The minimum Gasteiger partial charge on any atom is -0.353 e. The molecule has 0 aromatic heterocycles. The molecule has 1 amide bonds. The molecule has 0 atom stereocenters. The van der Waals surface area contributed by atoms with Gasteiger partial charge in [-0.25, -0.2) is 0 Å². The van der Waals surface area contributed by atoms with Crippen LogP contribution in [-0.4, -0.2) is 18.5 Å². The third-order valence-corrected chi connectivity index (χ3v) is 4.39. The van der Waals surface area contributed by atoms with Gasteiger partial charge in [0.1, 0.15) is 0 Å². The summed E-state index contributed by atoms with van der Waals surface area (Å²) in [5.41, 5.74) is 5.60. The number of nitrogens with two attached hydrogens (primary N) is 1. The average molecular weight is 224 g/mol. The van der Waals surface area contributed by atoms with E-state index < -0.39 is 0 Å². The summed E-state index contributed by atoms with van der Waals surface area (Å²) in [5, 5.41) is 3.19. The van der Waals surface area contributed by atoms with Crippen LogP contribution in [0.25, 0.3) is 0 Å². The molecule has 2 aliphatic carbocycles. The van der Waals surface area contributed by atoms with Crippen LogP contribution in [-0.2, 0) is 4.79 Å². The summed E-state index contributed by atoms with van der Waals surface area (Å²) in [6.45, 7) is 2.75. The first-order chi connectivity index (χ1) is 7.66. The molecule has 0 saturated heterocycles. The topological polar surface area (TPSA) is 55.1 Å². The molecular formula is C13H24N2O. The normalized spacial score (nSPS) is 32.9. The van der Waals surface area contributed by atoms with Gasteiger partial charge in [0, 0.05) is 12.6 Å². The molecule has 0 unspecified atom stereocenters. The number of nitrogens with one attached hydrogen (secondary N) is 1. The second-order valence-corrected chi connectivity index (χ2v) is 5.79. The van der Waals surface area contributed by atoms with E-state index in [0.29, 0.717) is 12.6 Å². The average Bonchev–Trinajstić information content (AvgIpc) is 2.28. The highest BCUT2D eigenvalue weighted by molar-refractivity contribution is 5.83. The van der Waals surface area contributed by atoms with Gasteiger partial charge in [0.15, 0.2) is 0 Å². The van der Waals surface area contributed by atoms with E-state index in [9.17, 15) is 4.79 Å². The summed E-state index contributed by atoms with van der Waals surface area (Å²) in [5.74, 6) is 1.01. The summed E-state index contributed by atoms with van der Waals surface area (Å²) in [4.78, 5) is 12.3. The van der Waals surface area contributed by atoms with Crippen LogP contribution in [0, 0.1) is 11.3 Å². The van der Waals surface area contributed by atoms with Crippen LogP contribution in [0.3, 0.4) is 0 Å². The van der Waals surface area contributed by atoms with Crippen molar-refractivity contribution in [3.05, 3.63) is 0 Å². The molecule has 92 valence electrons. The number of rotatable bonds is 3. The minimum absolute atomic E-state index is 0.228. The number of hydrogen-bond acceptors (Lipinski definition) is 2. The van der Waals surface area contributed by atoms with Crippen molar-refractivity contribution in [2.24, 2.45) is 17.1 Å². The van der Waals surface area contributed by atoms with E-state index in [-0.39, 0.29) is 11.3 Å². The molecule has 2 aliphatic rings. The second kappa shape index (κ2) is 4.74. The highest BCUT2D eigenvalue weighted by Gasteiger charge is 2.40. The minimum atomic E-state index is -0.239. The van der Waals surface area contributed by atoms with Gasteiger partial charge in [0.05, 0.1) is 5.41 Å². The van der Waals surface area contributed by atoms with E-state index in [4.69, 9.17) is 5.73 Å². The Labute approximate surface area is 98.2 Å². The summed E-state index contributed by atoms with van der Waals surface area (Å²) in [6, 6.07) is 0.424. The Balaban J connectivity index is 1.90. The number of amides is 1. The lowest BCUT2D eigenvalue weighted by atomic mass is 9.72. The highest BCUT2D eigenvalue weighted by Crippen LogP contribution is 2.36. The molecule has 0 radical (unpaired) electrons. The zero-order valence-corrected chi connectivity index (χ0v) is 10.3. The predicted molar refractivity (Wildman–Crippen MR) is 64.9 cm³/mol.